The van der Waals surface area contributed by atoms with Crippen LogP contribution in [0.3, 0.4) is 0 Å². The largest absolute Gasteiger partial charge is 0.394 e. The third-order valence-electron chi connectivity index (χ3n) is 4.95. The van der Waals surface area contributed by atoms with Crippen molar-refractivity contribution >= 4 is 5.91 Å². The molecular formula is C21H22FN3O2. The van der Waals surface area contributed by atoms with Gasteiger partial charge in [0.05, 0.1) is 25.3 Å². The number of carbonyl (C=O) groups is 1. The van der Waals surface area contributed by atoms with Gasteiger partial charge in [0.15, 0.2) is 0 Å². The first kappa shape index (κ1) is 19.0. The Morgan fingerprint density at radius 3 is 2.44 bits per heavy atom. The van der Waals surface area contributed by atoms with Gasteiger partial charge >= 0.3 is 0 Å². The van der Waals surface area contributed by atoms with Crippen molar-refractivity contribution in [3.8, 4) is 17.2 Å². The first-order valence-corrected chi connectivity index (χ1v) is 8.79. The molecule has 0 aromatic heterocycles. The zero-order valence-corrected chi connectivity index (χ0v) is 15.3. The highest BCUT2D eigenvalue weighted by Gasteiger charge is 2.51. The molecule has 5 nitrogen and oxygen atoms in total. The van der Waals surface area contributed by atoms with E-state index in [-0.39, 0.29) is 30.8 Å². The minimum absolute atomic E-state index is 0.176. The molecule has 0 spiro atoms. The highest BCUT2D eigenvalue weighted by atomic mass is 19.1. The molecule has 2 aromatic rings. The second kappa shape index (κ2) is 7.87. The van der Waals surface area contributed by atoms with Crippen LogP contribution in [0.5, 0.6) is 0 Å². The lowest BCUT2D eigenvalue weighted by atomic mass is 9.75. The smallest absolute Gasteiger partial charge is 0.238 e. The van der Waals surface area contributed by atoms with Crippen molar-refractivity contribution in [3.63, 3.8) is 0 Å². The maximum Gasteiger partial charge on any atom is 0.238 e. The lowest BCUT2D eigenvalue weighted by Crippen LogP contribution is -2.66. The first-order valence-electron chi connectivity index (χ1n) is 8.79. The van der Waals surface area contributed by atoms with Crippen LogP contribution in [0.4, 0.5) is 4.39 Å². The van der Waals surface area contributed by atoms with E-state index >= 15 is 0 Å². The Balaban J connectivity index is 1.84. The van der Waals surface area contributed by atoms with Crippen LogP contribution >= 0.6 is 0 Å². The minimum atomic E-state index is -0.617. The molecule has 1 aliphatic heterocycles. The number of nitriles is 1. The van der Waals surface area contributed by atoms with Crippen LogP contribution in [0.2, 0.25) is 0 Å². The lowest BCUT2D eigenvalue weighted by Gasteiger charge is -2.51. The van der Waals surface area contributed by atoms with E-state index < -0.39 is 12.1 Å². The van der Waals surface area contributed by atoms with Gasteiger partial charge in [0, 0.05) is 11.5 Å². The van der Waals surface area contributed by atoms with Crippen LogP contribution < -0.4 is 0 Å². The van der Waals surface area contributed by atoms with E-state index in [0.29, 0.717) is 5.56 Å². The Kier molecular flexibility index (Phi) is 5.54. The van der Waals surface area contributed by atoms with Crippen molar-refractivity contribution in [3.05, 3.63) is 59.9 Å². The van der Waals surface area contributed by atoms with Crippen molar-refractivity contribution in [2.75, 3.05) is 27.2 Å². The lowest BCUT2D eigenvalue weighted by molar-refractivity contribution is -0.147. The quantitative estimate of drug-likeness (QED) is 0.880. The SMILES string of the molecule is CN(C)CC(=O)N1[C@H](C#N)[C@H](c2ccc(-c3ccccc3F)cc2)[C@@H]1CO. The fraction of sp³-hybridized carbons (Fsp3) is 0.333. The molecule has 2 aromatic carbocycles. The Labute approximate surface area is 158 Å². The van der Waals surface area contributed by atoms with Gasteiger partial charge in [-0.3, -0.25) is 4.79 Å². The number of amides is 1. The third-order valence-corrected chi connectivity index (χ3v) is 4.95. The summed E-state index contributed by atoms with van der Waals surface area (Å²) in [6.45, 7) is -0.0231. The van der Waals surface area contributed by atoms with Gasteiger partial charge in [0.1, 0.15) is 11.9 Å². The molecule has 0 bridgehead atoms. The summed E-state index contributed by atoms with van der Waals surface area (Å²) >= 11 is 0. The second-order valence-electron chi connectivity index (χ2n) is 6.99. The van der Waals surface area contributed by atoms with Gasteiger partial charge in [-0.2, -0.15) is 5.26 Å². The number of halogens is 1. The molecule has 1 heterocycles. The second-order valence-corrected chi connectivity index (χ2v) is 6.99. The molecule has 3 atom stereocenters. The summed E-state index contributed by atoms with van der Waals surface area (Å²) in [6, 6.07) is 15.0. The number of hydrogen-bond donors (Lipinski definition) is 1. The Bertz CT molecular complexity index is 860. The summed E-state index contributed by atoms with van der Waals surface area (Å²) in [4.78, 5) is 15.6. The monoisotopic (exact) mass is 367 g/mol. The standard InChI is InChI=1S/C21H22FN3O2/c1-24(2)12-20(27)25-18(11-23)21(19(25)13-26)15-9-7-14(8-10-15)16-5-3-4-6-17(16)22/h3-10,18-19,21,26H,12-13H2,1-2H3/t18-,19+,21+/m1/s1. The van der Waals surface area contributed by atoms with Crippen molar-refractivity contribution in [2.24, 2.45) is 0 Å². The van der Waals surface area contributed by atoms with Crippen LogP contribution in [0.15, 0.2) is 48.5 Å². The number of benzene rings is 2. The Morgan fingerprint density at radius 2 is 1.89 bits per heavy atom. The van der Waals surface area contributed by atoms with Gasteiger partial charge < -0.3 is 14.9 Å². The van der Waals surface area contributed by atoms with Crippen molar-refractivity contribution in [1.82, 2.24) is 9.80 Å². The van der Waals surface area contributed by atoms with Crippen molar-refractivity contribution in [1.29, 1.82) is 5.26 Å². The molecule has 3 rings (SSSR count). The van der Waals surface area contributed by atoms with Gasteiger partial charge in [-0.15, -0.1) is 0 Å². The van der Waals surface area contributed by atoms with Crippen LogP contribution in [0.1, 0.15) is 11.5 Å². The average Bonchev–Trinajstić information content (AvgIpc) is 2.62. The third kappa shape index (κ3) is 3.57. The van der Waals surface area contributed by atoms with E-state index in [1.165, 1.54) is 11.0 Å². The summed E-state index contributed by atoms with van der Waals surface area (Å²) in [6.07, 6.45) is 0. The van der Waals surface area contributed by atoms with E-state index in [9.17, 15) is 19.6 Å². The predicted molar refractivity (Wildman–Crippen MR) is 100 cm³/mol. The average molecular weight is 367 g/mol. The van der Waals surface area contributed by atoms with Crippen molar-refractivity contribution < 1.29 is 14.3 Å². The fourth-order valence-corrected chi connectivity index (χ4v) is 3.68. The molecule has 0 unspecified atom stereocenters. The molecule has 0 aliphatic carbocycles. The molecule has 140 valence electrons. The maximum atomic E-state index is 14.0. The number of nitrogens with zero attached hydrogens (tertiary/aromatic N) is 3. The normalized spacial score (nSPS) is 21.6. The number of aliphatic hydroxyl groups is 1. The Hall–Kier alpha value is -2.75. The van der Waals surface area contributed by atoms with Gasteiger partial charge in [0.25, 0.3) is 0 Å². The van der Waals surface area contributed by atoms with E-state index in [2.05, 4.69) is 6.07 Å². The Morgan fingerprint density at radius 1 is 1.22 bits per heavy atom. The highest BCUT2D eigenvalue weighted by molar-refractivity contribution is 5.81. The van der Waals surface area contributed by atoms with Crippen LogP contribution in [0, 0.1) is 17.1 Å². The van der Waals surface area contributed by atoms with Gasteiger partial charge in [-0.05, 0) is 31.3 Å². The molecule has 6 heteroatoms. The summed E-state index contributed by atoms with van der Waals surface area (Å²) in [5.41, 5.74) is 2.11. The van der Waals surface area contributed by atoms with Crippen LogP contribution in [0.25, 0.3) is 11.1 Å². The topological polar surface area (TPSA) is 67.6 Å². The maximum absolute atomic E-state index is 14.0. The van der Waals surface area contributed by atoms with E-state index in [4.69, 9.17) is 0 Å². The molecule has 1 aliphatic rings. The molecule has 0 radical (unpaired) electrons. The zero-order chi connectivity index (χ0) is 19.6. The molecule has 1 fully saturated rings. The number of likely N-dealkylation sites (N-methyl/N-ethyl adjacent to an activating group) is 1. The summed E-state index contributed by atoms with van der Waals surface area (Å²) in [5.74, 6) is -0.733. The summed E-state index contributed by atoms with van der Waals surface area (Å²) in [7, 11) is 3.57. The number of likely N-dealkylation sites (tertiary alicyclic amines) is 1. The summed E-state index contributed by atoms with van der Waals surface area (Å²) < 4.78 is 14.0. The molecule has 1 saturated heterocycles. The van der Waals surface area contributed by atoms with E-state index in [0.717, 1.165) is 11.1 Å². The molecular weight excluding hydrogens is 345 g/mol. The van der Waals surface area contributed by atoms with Crippen molar-refractivity contribution in [2.45, 2.75) is 18.0 Å². The zero-order valence-electron chi connectivity index (χ0n) is 15.3. The molecule has 1 N–H and O–H groups in total. The fourth-order valence-electron chi connectivity index (χ4n) is 3.68. The number of carbonyl (C=O) groups excluding carboxylic acids is 1. The number of aliphatic hydroxyl groups excluding tert-OH is 1. The van der Waals surface area contributed by atoms with Gasteiger partial charge in [-0.1, -0.05) is 42.5 Å². The minimum Gasteiger partial charge on any atom is -0.394 e. The number of rotatable bonds is 5. The highest BCUT2D eigenvalue weighted by Crippen LogP contribution is 2.41. The van der Waals surface area contributed by atoms with Gasteiger partial charge in [0.2, 0.25) is 5.91 Å². The molecule has 27 heavy (non-hydrogen) atoms. The van der Waals surface area contributed by atoms with Crippen LogP contribution in [-0.4, -0.2) is 60.1 Å². The molecule has 1 amide bonds. The van der Waals surface area contributed by atoms with Gasteiger partial charge in [-0.25, -0.2) is 4.39 Å². The first-order chi connectivity index (χ1) is 13.0. The predicted octanol–water partition coefficient (Wildman–Crippen LogP) is 2.23. The van der Waals surface area contributed by atoms with E-state index in [1.54, 1.807) is 49.3 Å². The van der Waals surface area contributed by atoms with E-state index in [1.807, 2.05) is 12.1 Å². The number of hydrogen-bond acceptors (Lipinski definition) is 4. The van der Waals surface area contributed by atoms with Crippen LogP contribution in [-0.2, 0) is 4.79 Å². The molecule has 0 saturated carbocycles. The summed E-state index contributed by atoms with van der Waals surface area (Å²) in [5, 5.41) is 19.4.